The molecule has 0 aromatic carbocycles. The summed E-state index contributed by atoms with van der Waals surface area (Å²) >= 11 is 0. The molecule has 0 aliphatic heterocycles. The summed E-state index contributed by atoms with van der Waals surface area (Å²) in [7, 11) is 2.11. The normalized spacial score (nSPS) is 13.6. The molecule has 0 spiro atoms. The van der Waals surface area contributed by atoms with Gasteiger partial charge in [0.05, 0.1) is 0 Å². The largest absolute Gasteiger partial charge is 0.365 e. The second kappa shape index (κ2) is 5.59. The summed E-state index contributed by atoms with van der Waals surface area (Å²) in [5.74, 6) is 2.56. The van der Waals surface area contributed by atoms with E-state index in [0.717, 1.165) is 11.6 Å². The number of nitrogens with one attached hydrogen (secondary N) is 1. The third-order valence-corrected chi connectivity index (χ3v) is 3.17. The van der Waals surface area contributed by atoms with Crippen molar-refractivity contribution in [2.45, 2.75) is 53.1 Å². The van der Waals surface area contributed by atoms with Gasteiger partial charge in [0.25, 0.3) is 0 Å². The lowest BCUT2D eigenvalue weighted by Crippen LogP contribution is -2.34. The van der Waals surface area contributed by atoms with Crippen molar-refractivity contribution in [3.8, 4) is 0 Å². The number of hydrogen-bond donors (Lipinski definition) is 1. The second-order valence-corrected chi connectivity index (χ2v) is 6.35. The maximum Gasteiger partial charge on any atom is 0.130 e. The zero-order chi connectivity index (χ0) is 13.9. The van der Waals surface area contributed by atoms with Crippen LogP contribution in [0.25, 0.3) is 0 Å². The molecule has 0 bridgehead atoms. The Balaban J connectivity index is 2.88. The van der Waals surface area contributed by atoms with E-state index in [1.807, 2.05) is 6.07 Å². The smallest absolute Gasteiger partial charge is 0.130 e. The van der Waals surface area contributed by atoms with Gasteiger partial charge >= 0.3 is 0 Å². The fourth-order valence-electron chi connectivity index (χ4n) is 1.73. The highest BCUT2D eigenvalue weighted by Gasteiger charge is 2.16. The number of aromatic nitrogens is 1. The third kappa shape index (κ3) is 4.21. The van der Waals surface area contributed by atoms with Gasteiger partial charge in [-0.1, -0.05) is 19.9 Å². The van der Waals surface area contributed by atoms with Gasteiger partial charge in [0.15, 0.2) is 0 Å². The van der Waals surface area contributed by atoms with E-state index >= 15 is 0 Å². The van der Waals surface area contributed by atoms with Crippen molar-refractivity contribution in [2.24, 2.45) is 5.92 Å². The van der Waals surface area contributed by atoms with Crippen LogP contribution in [0.4, 0.5) is 11.6 Å². The first-order valence-corrected chi connectivity index (χ1v) is 6.69. The van der Waals surface area contributed by atoms with Crippen molar-refractivity contribution in [2.75, 3.05) is 17.3 Å². The highest BCUT2D eigenvalue weighted by atomic mass is 15.2. The van der Waals surface area contributed by atoms with Gasteiger partial charge in [-0.25, -0.2) is 4.98 Å². The van der Waals surface area contributed by atoms with Crippen LogP contribution in [0, 0.1) is 5.92 Å². The molecule has 102 valence electrons. The number of anilines is 2. The van der Waals surface area contributed by atoms with Crippen LogP contribution in [0.3, 0.4) is 0 Å². The van der Waals surface area contributed by atoms with Gasteiger partial charge < -0.3 is 10.2 Å². The molecule has 1 unspecified atom stereocenters. The molecular formula is C15H27N3. The van der Waals surface area contributed by atoms with Crippen LogP contribution in [0.15, 0.2) is 18.2 Å². The second-order valence-electron chi connectivity index (χ2n) is 6.35. The summed E-state index contributed by atoms with van der Waals surface area (Å²) in [5, 5.41) is 3.41. The van der Waals surface area contributed by atoms with Crippen molar-refractivity contribution >= 4 is 11.6 Å². The zero-order valence-electron chi connectivity index (χ0n) is 12.8. The molecule has 0 fully saturated rings. The van der Waals surface area contributed by atoms with Gasteiger partial charge in [-0.05, 0) is 45.7 Å². The third-order valence-electron chi connectivity index (χ3n) is 3.17. The molecule has 0 aliphatic carbocycles. The standard InChI is InChI=1S/C15H27N3/c1-11(2)12(3)18(7)14-10-8-9-13(16-14)17-15(4,5)6/h8-12H,1-7H3,(H,16,17). The Morgan fingerprint density at radius 3 is 2.28 bits per heavy atom. The molecule has 1 aromatic heterocycles. The Kier molecular flexibility index (Phi) is 4.60. The van der Waals surface area contributed by atoms with E-state index in [-0.39, 0.29) is 5.54 Å². The first-order valence-electron chi connectivity index (χ1n) is 6.69. The van der Waals surface area contributed by atoms with Gasteiger partial charge in [-0.2, -0.15) is 0 Å². The molecule has 1 heterocycles. The topological polar surface area (TPSA) is 28.2 Å². The monoisotopic (exact) mass is 249 g/mol. The van der Waals surface area contributed by atoms with E-state index in [1.54, 1.807) is 0 Å². The average Bonchev–Trinajstić information content (AvgIpc) is 2.25. The number of rotatable bonds is 4. The van der Waals surface area contributed by atoms with Crippen molar-refractivity contribution in [1.29, 1.82) is 0 Å². The Morgan fingerprint density at radius 2 is 1.78 bits per heavy atom. The molecule has 0 radical (unpaired) electrons. The Hall–Kier alpha value is -1.25. The molecule has 1 rings (SSSR count). The van der Waals surface area contributed by atoms with Gasteiger partial charge in [0.1, 0.15) is 11.6 Å². The molecule has 1 aromatic rings. The average molecular weight is 249 g/mol. The molecule has 3 heteroatoms. The van der Waals surface area contributed by atoms with Crippen LogP contribution >= 0.6 is 0 Å². The van der Waals surface area contributed by atoms with Crippen molar-refractivity contribution in [3.63, 3.8) is 0 Å². The minimum Gasteiger partial charge on any atom is -0.365 e. The number of pyridine rings is 1. The summed E-state index contributed by atoms with van der Waals surface area (Å²) in [5.41, 5.74) is 0.0356. The first kappa shape index (κ1) is 14.8. The first-order chi connectivity index (χ1) is 8.20. The van der Waals surface area contributed by atoms with E-state index in [4.69, 9.17) is 0 Å². The van der Waals surface area contributed by atoms with Crippen molar-refractivity contribution in [1.82, 2.24) is 4.98 Å². The van der Waals surface area contributed by atoms with Crippen molar-refractivity contribution < 1.29 is 0 Å². The molecule has 0 aliphatic rings. The SMILES string of the molecule is CC(C)C(C)N(C)c1cccc(NC(C)(C)C)n1. The highest BCUT2D eigenvalue weighted by molar-refractivity contribution is 5.48. The van der Waals surface area contributed by atoms with Gasteiger partial charge in [0, 0.05) is 18.6 Å². The molecule has 3 nitrogen and oxygen atoms in total. The summed E-state index contributed by atoms with van der Waals surface area (Å²) in [4.78, 5) is 6.91. The molecule has 0 amide bonds. The molecule has 0 saturated carbocycles. The van der Waals surface area contributed by atoms with Gasteiger partial charge in [0.2, 0.25) is 0 Å². The molecule has 18 heavy (non-hydrogen) atoms. The van der Waals surface area contributed by atoms with Crippen LogP contribution in [-0.4, -0.2) is 23.6 Å². The van der Waals surface area contributed by atoms with Gasteiger partial charge in [-0.15, -0.1) is 0 Å². The number of hydrogen-bond acceptors (Lipinski definition) is 3. The zero-order valence-corrected chi connectivity index (χ0v) is 12.8. The lowest BCUT2D eigenvalue weighted by atomic mass is 10.1. The Morgan fingerprint density at radius 1 is 1.17 bits per heavy atom. The predicted molar refractivity (Wildman–Crippen MR) is 80.3 cm³/mol. The van der Waals surface area contributed by atoms with E-state index in [2.05, 4.69) is 75.9 Å². The van der Waals surface area contributed by atoms with E-state index in [0.29, 0.717) is 12.0 Å². The van der Waals surface area contributed by atoms with Crippen LogP contribution in [0.1, 0.15) is 41.5 Å². The quantitative estimate of drug-likeness (QED) is 0.880. The highest BCUT2D eigenvalue weighted by Crippen LogP contribution is 2.20. The Labute approximate surface area is 112 Å². The van der Waals surface area contributed by atoms with E-state index in [9.17, 15) is 0 Å². The summed E-state index contributed by atoms with van der Waals surface area (Å²) in [6.45, 7) is 13.1. The maximum atomic E-state index is 4.68. The lowest BCUT2D eigenvalue weighted by Gasteiger charge is -2.30. The van der Waals surface area contributed by atoms with E-state index < -0.39 is 0 Å². The maximum absolute atomic E-state index is 4.68. The minimum absolute atomic E-state index is 0.0356. The molecule has 1 atom stereocenters. The molecular weight excluding hydrogens is 222 g/mol. The van der Waals surface area contributed by atoms with Gasteiger partial charge in [-0.3, -0.25) is 0 Å². The number of nitrogens with zero attached hydrogens (tertiary/aromatic N) is 2. The fraction of sp³-hybridized carbons (Fsp3) is 0.667. The lowest BCUT2D eigenvalue weighted by molar-refractivity contribution is 0.502. The molecule has 1 N–H and O–H groups in total. The van der Waals surface area contributed by atoms with E-state index in [1.165, 1.54) is 0 Å². The van der Waals surface area contributed by atoms with Crippen LogP contribution in [0.2, 0.25) is 0 Å². The van der Waals surface area contributed by atoms with Crippen LogP contribution in [0.5, 0.6) is 0 Å². The predicted octanol–water partition coefficient (Wildman–Crippen LogP) is 3.77. The summed E-state index contributed by atoms with van der Waals surface area (Å²) < 4.78 is 0. The fourth-order valence-corrected chi connectivity index (χ4v) is 1.73. The Bertz CT molecular complexity index is 380. The minimum atomic E-state index is 0.0356. The summed E-state index contributed by atoms with van der Waals surface area (Å²) in [6, 6.07) is 6.61. The van der Waals surface area contributed by atoms with Crippen LogP contribution in [-0.2, 0) is 0 Å². The van der Waals surface area contributed by atoms with Crippen LogP contribution < -0.4 is 10.2 Å². The molecule has 0 saturated heterocycles. The summed E-state index contributed by atoms with van der Waals surface area (Å²) in [6.07, 6.45) is 0. The van der Waals surface area contributed by atoms with Crippen molar-refractivity contribution in [3.05, 3.63) is 18.2 Å².